The zero-order valence-corrected chi connectivity index (χ0v) is 16.6. The van der Waals surface area contributed by atoms with Crippen molar-refractivity contribution < 1.29 is 9.18 Å². The first kappa shape index (κ1) is 19.5. The molecule has 1 aliphatic heterocycles. The number of ketones is 1. The molecule has 3 heteroatoms. The molecule has 0 bridgehead atoms. The number of likely N-dealkylation sites (tertiary alicyclic amines) is 1. The zero-order chi connectivity index (χ0) is 20.1. The second kappa shape index (κ2) is 9.15. The van der Waals surface area contributed by atoms with Gasteiger partial charge in [-0.1, -0.05) is 54.6 Å². The summed E-state index contributed by atoms with van der Waals surface area (Å²) in [4.78, 5) is 14.7. The van der Waals surface area contributed by atoms with Crippen LogP contribution in [-0.2, 0) is 11.3 Å². The number of piperidine rings is 1. The summed E-state index contributed by atoms with van der Waals surface area (Å²) in [6.07, 6.45) is 6.38. The van der Waals surface area contributed by atoms with Gasteiger partial charge in [0, 0.05) is 13.0 Å². The normalized spacial score (nSPS) is 15.9. The molecule has 0 aromatic heterocycles. The molecule has 148 valence electrons. The van der Waals surface area contributed by atoms with Crippen LogP contribution in [-0.4, -0.2) is 23.8 Å². The lowest BCUT2D eigenvalue weighted by atomic mass is 9.91. The van der Waals surface area contributed by atoms with Crippen LogP contribution in [0.1, 0.15) is 30.4 Å². The van der Waals surface area contributed by atoms with Gasteiger partial charge >= 0.3 is 0 Å². The second-order valence-corrected chi connectivity index (χ2v) is 7.96. The van der Waals surface area contributed by atoms with Crippen LogP contribution in [0.15, 0.2) is 72.8 Å². The van der Waals surface area contributed by atoms with Crippen LogP contribution in [0.2, 0.25) is 0 Å². The van der Waals surface area contributed by atoms with E-state index in [-0.39, 0.29) is 11.6 Å². The summed E-state index contributed by atoms with van der Waals surface area (Å²) in [5.41, 5.74) is 2.32. The fourth-order valence-corrected chi connectivity index (χ4v) is 4.08. The number of carbonyl (C=O) groups is 1. The number of rotatable bonds is 6. The van der Waals surface area contributed by atoms with Crippen LogP contribution < -0.4 is 0 Å². The lowest BCUT2D eigenvalue weighted by Gasteiger charge is -2.31. The van der Waals surface area contributed by atoms with Gasteiger partial charge in [-0.3, -0.25) is 9.69 Å². The minimum Gasteiger partial charge on any atom is -0.299 e. The van der Waals surface area contributed by atoms with Gasteiger partial charge in [0.25, 0.3) is 0 Å². The summed E-state index contributed by atoms with van der Waals surface area (Å²) in [5.74, 6) is 0.494. The van der Waals surface area contributed by atoms with Crippen LogP contribution in [0.4, 0.5) is 4.39 Å². The fourth-order valence-electron chi connectivity index (χ4n) is 4.08. The van der Waals surface area contributed by atoms with Crippen molar-refractivity contribution in [1.82, 2.24) is 4.90 Å². The largest absolute Gasteiger partial charge is 0.299 e. The summed E-state index contributed by atoms with van der Waals surface area (Å²) in [7, 11) is 0. The van der Waals surface area contributed by atoms with E-state index in [1.807, 2.05) is 48.5 Å². The third-order valence-corrected chi connectivity index (χ3v) is 5.73. The molecule has 0 N–H and O–H groups in total. The molecular weight excluding hydrogens is 361 g/mol. The predicted molar refractivity (Wildman–Crippen MR) is 117 cm³/mol. The Morgan fingerprint density at radius 3 is 2.48 bits per heavy atom. The SMILES string of the molecule is O=C(/C=C/c1ccccc1)CC1CCN(Cc2ccc3cc(F)ccc3c2)CC1. The molecule has 1 heterocycles. The number of hydrogen-bond acceptors (Lipinski definition) is 2. The molecule has 3 aromatic rings. The molecule has 1 aliphatic rings. The van der Waals surface area contributed by atoms with Crippen LogP contribution >= 0.6 is 0 Å². The molecule has 0 atom stereocenters. The quantitative estimate of drug-likeness (QED) is 0.494. The topological polar surface area (TPSA) is 20.3 Å². The van der Waals surface area contributed by atoms with Crippen LogP contribution in [0.5, 0.6) is 0 Å². The van der Waals surface area contributed by atoms with Crippen molar-refractivity contribution in [2.24, 2.45) is 5.92 Å². The van der Waals surface area contributed by atoms with Gasteiger partial charge in [0.15, 0.2) is 5.78 Å². The summed E-state index contributed by atoms with van der Waals surface area (Å²) in [5, 5.41) is 2.02. The van der Waals surface area contributed by atoms with E-state index in [0.29, 0.717) is 12.3 Å². The van der Waals surface area contributed by atoms with Crippen molar-refractivity contribution in [3.63, 3.8) is 0 Å². The molecule has 4 rings (SSSR count). The zero-order valence-electron chi connectivity index (χ0n) is 16.6. The fraction of sp³-hybridized carbons (Fsp3) is 0.269. The average Bonchev–Trinajstić information content (AvgIpc) is 2.74. The van der Waals surface area contributed by atoms with Gasteiger partial charge in [0.05, 0.1) is 0 Å². The molecule has 2 nitrogen and oxygen atoms in total. The number of hydrogen-bond donors (Lipinski definition) is 0. The van der Waals surface area contributed by atoms with Gasteiger partial charge in [-0.15, -0.1) is 0 Å². The Balaban J connectivity index is 1.26. The van der Waals surface area contributed by atoms with Gasteiger partial charge in [-0.05, 0) is 78.0 Å². The highest BCUT2D eigenvalue weighted by Crippen LogP contribution is 2.24. The van der Waals surface area contributed by atoms with Gasteiger partial charge in [-0.25, -0.2) is 4.39 Å². The highest BCUT2D eigenvalue weighted by molar-refractivity contribution is 5.93. The van der Waals surface area contributed by atoms with Crippen LogP contribution in [0, 0.1) is 11.7 Å². The Labute approximate surface area is 171 Å². The van der Waals surface area contributed by atoms with Crippen molar-refractivity contribution >= 4 is 22.6 Å². The third-order valence-electron chi connectivity index (χ3n) is 5.73. The Morgan fingerprint density at radius 2 is 1.69 bits per heavy atom. The van der Waals surface area contributed by atoms with E-state index >= 15 is 0 Å². The highest BCUT2D eigenvalue weighted by atomic mass is 19.1. The third kappa shape index (κ3) is 5.39. The molecule has 0 unspecified atom stereocenters. The minimum absolute atomic E-state index is 0.194. The van der Waals surface area contributed by atoms with Crippen molar-refractivity contribution in [2.75, 3.05) is 13.1 Å². The maximum Gasteiger partial charge on any atom is 0.155 e. The first-order chi connectivity index (χ1) is 14.2. The summed E-state index contributed by atoms with van der Waals surface area (Å²) in [6.45, 7) is 2.94. The number of allylic oxidation sites excluding steroid dienone is 1. The van der Waals surface area contributed by atoms with Gasteiger partial charge < -0.3 is 0 Å². The van der Waals surface area contributed by atoms with E-state index in [1.165, 1.54) is 11.6 Å². The highest BCUT2D eigenvalue weighted by Gasteiger charge is 2.20. The number of nitrogens with zero attached hydrogens (tertiary/aromatic N) is 1. The monoisotopic (exact) mass is 387 g/mol. The van der Waals surface area contributed by atoms with Crippen molar-refractivity contribution in [2.45, 2.75) is 25.8 Å². The molecular formula is C26H26FNO. The van der Waals surface area contributed by atoms with E-state index in [2.05, 4.69) is 17.0 Å². The molecule has 1 fully saturated rings. The molecule has 0 saturated carbocycles. The number of halogens is 1. The van der Waals surface area contributed by atoms with Crippen LogP contribution in [0.3, 0.4) is 0 Å². The van der Waals surface area contributed by atoms with Crippen molar-refractivity contribution in [3.05, 3.63) is 89.8 Å². The maximum absolute atomic E-state index is 13.3. The standard InChI is InChI=1S/C26H26FNO/c27-25-10-9-23-16-22(6-8-24(23)18-25)19-28-14-12-21(13-15-28)17-26(29)11-7-20-4-2-1-3-5-20/h1-11,16,18,21H,12-15,17,19H2/b11-7+. The molecule has 0 radical (unpaired) electrons. The van der Waals surface area contributed by atoms with Gasteiger partial charge in [0.2, 0.25) is 0 Å². The van der Waals surface area contributed by atoms with E-state index in [1.54, 1.807) is 12.1 Å². The van der Waals surface area contributed by atoms with Crippen molar-refractivity contribution in [1.29, 1.82) is 0 Å². The van der Waals surface area contributed by atoms with Crippen molar-refractivity contribution in [3.8, 4) is 0 Å². The summed E-state index contributed by atoms with van der Waals surface area (Å²) in [6, 6.07) is 21.1. The van der Waals surface area contributed by atoms with E-state index in [0.717, 1.165) is 48.8 Å². The molecule has 0 aliphatic carbocycles. The number of carbonyl (C=O) groups excluding carboxylic acids is 1. The Bertz CT molecular complexity index is 1000. The lowest BCUT2D eigenvalue weighted by molar-refractivity contribution is -0.115. The van der Waals surface area contributed by atoms with Crippen LogP contribution in [0.25, 0.3) is 16.8 Å². The molecule has 3 aromatic carbocycles. The first-order valence-electron chi connectivity index (χ1n) is 10.3. The molecule has 0 amide bonds. The second-order valence-electron chi connectivity index (χ2n) is 7.96. The average molecular weight is 387 g/mol. The van der Waals surface area contributed by atoms with E-state index < -0.39 is 0 Å². The Kier molecular flexibility index (Phi) is 6.16. The number of fused-ring (bicyclic) bond motifs is 1. The smallest absolute Gasteiger partial charge is 0.155 e. The predicted octanol–water partition coefficient (Wildman–Crippen LogP) is 5.86. The maximum atomic E-state index is 13.3. The molecule has 29 heavy (non-hydrogen) atoms. The lowest BCUT2D eigenvalue weighted by Crippen LogP contribution is -2.33. The molecule has 0 spiro atoms. The minimum atomic E-state index is -0.194. The van der Waals surface area contributed by atoms with E-state index in [4.69, 9.17) is 0 Å². The first-order valence-corrected chi connectivity index (χ1v) is 10.3. The van der Waals surface area contributed by atoms with E-state index in [9.17, 15) is 9.18 Å². The summed E-state index contributed by atoms with van der Waals surface area (Å²) < 4.78 is 13.3. The van der Waals surface area contributed by atoms with Gasteiger partial charge in [0.1, 0.15) is 5.82 Å². The summed E-state index contributed by atoms with van der Waals surface area (Å²) >= 11 is 0. The molecule has 1 saturated heterocycles. The number of benzene rings is 3. The Hall–Kier alpha value is -2.78. The van der Waals surface area contributed by atoms with Gasteiger partial charge in [-0.2, -0.15) is 0 Å². The Morgan fingerprint density at radius 1 is 0.966 bits per heavy atom.